The van der Waals surface area contributed by atoms with Crippen LogP contribution in [0.5, 0.6) is 0 Å². The van der Waals surface area contributed by atoms with Crippen LogP contribution in [-0.2, 0) is 4.79 Å². The largest absolute Gasteiger partial charge is 0.385 e. The van der Waals surface area contributed by atoms with Crippen LogP contribution in [-0.4, -0.2) is 17.8 Å². The molecule has 0 aromatic heterocycles. The third kappa shape index (κ3) is 4.07. The Kier molecular flexibility index (Phi) is 4.72. The molecule has 62 valence electrons. The first-order valence-corrected chi connectivity index (χ1v) is 3.25. The van der Waals surface area contributed by atoms with Gasteiger partial charge in [-0.1, -0.05) is 6.92 Å². The molecule has 0 rings (SSSR count). The second-order valence-electron chi connectivity index (χ2n) is 1.90. The van der Waals surface area contributed by atoms with Crippen molar-refractivity contribution in [1.82, 2.24) is 5.32 Å². The van der Waals surface area contributed by atoms with E-state index in [9.17, 15) is 14.9 Å². The van der Waals surface area contributed by atoms with Crippen LogP contribution >= 0.6 is 0 Å². The summed E-state index contributed by atoms with van der Waals surface area (Å²) >= 11 is 0. The van der Waals surface area contributed by atoms with Crippen molar-refractivity contribution in [3.63, 3.8) is 0 Å². The average molecular weight is 158 g/mol. The Morgan fingerprint density at radius 3 is 2.73 bits per heavy atom. The van der Waals surface area contributed by atoms with Crippen LogP contribution in [0.1, 0.15) is 13.3 Å². The van der Waals surface area contributed by atoms with E-state index in [2.05, 4.69) is 5.32 Å². The minimum atomic E-state index is -0.727. The molecule has 0 aliphatic heterocycles. The molecule has 0 unspecified atom stereocenters. The standard InChI is InChI=1S/C6H10N2O3/c1-2-3-7-4-6(5-9)8(10)11/h4-5,7H,2-3H2,1H3/b6-4-. The monoisotopic (exact) mass is 158 g/mol. The first kappa shape index (κ1) is 9.61. The molecule has 0 aromatic carbocycles. The summed E-state index contributed by atoms with van der Waals surface area (Å²) in [5.74, 6) is 0. The Balaban J connectivity index is 3.91. The van der Waals surface area contributed by atoms with E-state index < -0.39 is 10.6 Å². The lowest BCUT2D eigenvalue weighted by molar-refractivity contribution is -0.417. The van der Waals surface area contributed by atoms with E-state index in [4.69, 9.17) is 0 Å². The first-order chi connectivity index (χ1) is 5.22. The van der Waals surface area contributed by atoms with Crippen LogP contribution in [0.3, 0.4) is 0 Å². The molecule has 1 N–H and O–H groups in total. The van der Waals surface area contributed by atoms with Crippen LogP contribution in [0.4, 0.5) is 0 Å². The topological polar surface area (TPSA) is 72.2 Å². The van der Waals surface area contributed by atoms with Gasteiger partial charge in [-0.05, 0) is 6.42 Å². The number of carbonyl (C=O) groups excluding carboxylic acids is 1. The number of hydrogen-bond acceptors (Lipinski definition) is 4. The SMILES string of the molecule is CCCN/C=C(/C=O)[N+](=O)[O-]. The Bertz CT molecular complexity index is 177. The van der Waals surface area contributed by atoms with Crippen molar-refractivity contribution in [2.45, 2.75) is 13.3 Å². The summed E-state index contributed by atoms with van der Waals surface area (Å²) in [4.78, 5) is 19.3. The zero-order valence-electron chi connectivity index (χ0n) is 6.24. The van der Waals surface area contributed by atoms with Gasteiger partial charge in [0.1, 0.15) is 0 Å². The summed E-state index contributed by atoms with van der Waals surface area (Å²) in [6.45, 7) is 2.55. The van der Waals surface area contributed by atoms with Gasteiger partial charge >= 0.3 is 5.70 Å². The molecule has 0 heterocycles. The van der Waals surface area contributed by atoms with Gasteiger partial charge < -0.3 is 5.32 Å². The number of aldehydes is 1. The summed E-state index contributed by atoms with van der Waals surface area (Å²) in [5.41, 5.74) is -0.446. The number of carbonyl (C=O) groups is 1. The number of nitro groups is 1. The highest BCUT2D eigenvalue weighted by Crippen LogP contribution is 1.86. The van der Waals surface area contributed by atoms with Crippen molar-refractivity contribution in [1.29, 1.82) is 0 Å². The van der Waals surface area contributed by atoms with E-state index >= 15 is 0 Å². The predicted molar refractivity (Wildman–Crippen MR) is 39.4 cm³/mol. The number of hydrogen-bond donors (Lipinski definition) is 1. The van der Waals surface area contributed by atoms with Crippen LogP contribution in [0, 0.1) is 10.1 Å². The minimum absolute atomic E-state index is 0.211. The van der Waals surface area contributed by atoms with Crippen LogP contribution in [0.25, 0.3) is 0 Å². The summed E-state index contributed by atoms with van der Waals surface area (Å²) in [7, 11) is 0. The molecule has 11 heavy (non-hydrogen) atoms. The predicted octanol–water partition coefficient (Wildman–Crippen LogP) is 0.303. The molecule has 0 radical (unpaired) electrons. The molecule has 0 bridgehead atoms. The summed E-state index contributed by atoms with van der Waals surface area (Å²) < 4.78 is 0. The first-order valence-electron chi connectivity index (χ1n) is 3.25. The minimum Gasteiger partial charge on any atom is -0.385 e. The molecule has 0 amide bonds. The van der Waals surface area contributed by atoms with Crippen molar-refractivity contribution in [3.05, 3.63) is 22.0 Å². The quantitative estimate of drug-likeness (QED) is 0.205. The van der Waals surface area contributed by atoms with E-state index in [1.165, 1.54) is 0 Å². The van der Waals surface area contributed by atoms with Gasteiger partial charge in [0.25, 0.3) is 0 Å². The van der Waals surface area contributed by atoms with Crippen molar-refractivity contribution in [3.8, 4) is 0 Å². The van der Waals surface area contributed by atoms with Crippen LogP contribution in [0.15, 0.2) is 11.9 Å². The molecule has 5 nitrogen and oxygen atoms in total. The van der Waals surface area contributed by atoms with E-state index in [0.29, 0.717) is 6.54 Å². The molecular weight excluding hydrogens is 148 g/mol. The lowest BCUT2D eigenvalue weighted by Gasteiger charge is -1.93. The average Bonchev–Trinajstić information content (AvgIpc) is 1.97. The highest BCUT2D eigenvalue weighted by molar-refractivity contribution is 5.69. The fourth-order valence-corrected chi connectivity index (χ4v) is 0.451. The van der Waals surface area contributed by atoms with Gasteiger partial charge in [0.2, 0.25) is 6.29 Å². The second-order valence-corrected chi connectivity index (χ2v) is 1.90. The molecule has 0 aromatic rings. The maximum absolute atomic E-state index is 9.99. The fourth-order valence-electron chi connectivity index (χ4n) is 0.451. The summed E-state index contributed by atoms with van der Waals surface area (Å²) in [6.07, 6.45) is 2.18. The number of rotatable bonds is 5. The normalized spacial score (nSPS) is 10.8. The third-order valence-electron chi connectivity index (χ3n) is 0.976. The summed E-state index contributed by atoms with van der Waals surface area (Å²) in [5, 5.41) is 12.6. The molecule has 0 saturated heterocycles. The zero-order valence-corrected chi connectivity index (χ0v) is 6.24. The zero-order chi connectivity index (χ0) is 8.69. The maximum Gasteiger partial charge on any atom is 0.324 e. The molecule has 0 aliphatic rings. The molecule has 0 saturated carbocycles. The van der Waals surface area contributed by atoms with Gasteiger partial charge in [-0.3, -0.25) is 14.9 Å². The van der Waals surface area contributed by atoms with Gasteiger partial charge in [-0.25, -0.2) is 0 Å². The fraction of sp³-hybridized carbons (Fsp3) is 0.500. The lowest BCUT2D eigenvalue weighted by Crippen LogP contribution is -2.10. The van der Waals surface area contributed by atoms with Crippen molar-refractivity contribution >= 4 is 6.29 Å². The van der Waals surface area contributed by atoms with Gasteiger partial charge in [0, 0.05) is 6.54 Å². The Morgan fingerprint density at radius 1 is 1.73 bits per heavy atom. The second kappa shape index (κ2) is 5.40. The smallest absolute Gasteiger partial charge is 0.324 e. The molecular formula is C6H10N2O3. The molecule has 5 heteroatoms. The van der Waals surface area contributed by atoms with Gasteiger partial charge in [0.15, 0.2) is 0 Å². The van der Waals surface area contributed by atoms with Crippen molar-refractivity contribution in [2.75, 3.05) is 6.54 Å². The number of allylic oxidation sites excluding steroid dienone is 1. The molecule has 0 spiro atoms. The Labute approximate surface area is 64.2 Å². The highest BCUT2D eigenvalue weighted by atomic mass is 16.6. The van der Waals surface area contributed by atoms with E-state index in [1.54, 1.807) is 0 Å². The molecule has 0 fully saturated rings. The van der Waals surface area contributed by atoms with Gasteiger partial charge in [0.05, 0.1) is 11.1 Å². The lowest BCUT2D eigenvalue weighted by atomic mass is 10.5. The van der Waals surface area contributed by atoms with E-state index in [0.717, 1.165) is 12.6 Å². The molecule has 0 aliphatic carbocycles. The molecule has 0 atom stereocenters. The van der Waals surface area contributed by atoms with E-state index in [-0.39, 0.29) is 6.29 Å². The van der Waals surface area contributed by atoms with Crippen LogP contribution < -0.4 is 5.32 Å². The number of nitrogens with zero attached hydrogens (tertiary/aromatic N) is 1. The van der Waals surface area contributed by atoms with Crippen LogP contribution in [0.2, 0.25) is 0 Å². The van der Waals surface area contributed by atoms with Gasteiger partial charge in [-0.15, -0.1) is 0 Å². The Hall–Kier alpha value is -1.39. The Morgan fingerprint density at radius 2 is 2.36 bits per heavy atom. The third-order valence-corrected chi connectivity index (χ3v) is 0.976. The summed E-state index contributed by atoms with van der Waals surface area (Å²) in [6, 6.07) is 0. The maximum atomic E-state index is 9.99. The number of nitrogens with one attached hydrogen (secondary N) is 1. The van der Waals surface area contributed by atoms with E-state index in [1.807, 2.05) is 6.92 Å². The highest BCUT2D eigenvalue weighted by Gasteiger charge is 2.06. The van der Waals surface area contributed by atoms with Crippen molar-refractivity contribution in [2.24, 2.45) is 0 Å². The van der Waals surface area contributed by atoms with Crippen molar-refractivity contribution < 1.29 is 9.72 Å². The van der Waals surface area contributed by atoms with Gasteiger partial charge in [-0.2, -0.15) is 0 Å².